The number of carbonyl (C=O) groups excluding carboxylic acids is 1. The molecule has 2 aliphatic heterocycles. The van der Waals surface area contributed by atoms with Crippen molar-refractivity contribution in [2.75, 3.05) is 26.2 Å². The van der Waals surface area contributed by atoms with Crippen molar-refractivity contribution in [1.82, 2.24) is 19.6 Å². The van der Waals surface area contributed by atoms with Crippen molar-refractivity contribution < 1.29 is 15.0 Å². The summed E-state index contributed by atoms with van der Waals surface area (Å²) in [6, 6.07) is 7.69. The van der Waals surface area contributed by atoms with Gasteiger partial charge in [0.25, 0.3) is 0 Å². The molecule has 3 fully saturated rings. The lowest BCUT2D eigenvalue weighted by molar-refractivity contribution is -0.149. The number of aromatic hydroxyl groups is 1. The number of aryl methyl sites for hydroxylation is 1. The number of rotatable bonds is 4. The van der Waals surface area contributed by atoms with Gasteiger partial charge in [0.05, 0.1) is 5.60 Å². The lowest BCUT2D eigenvalue weighted by Gasteiger charge is -2.61. The van der Waals surface area contributed by atoms with Crippen LogP contribution in [0.4, 0.5) is 0 Å². The fourth-order valence-corrected chi connectivity index (χ4v) is 6.91. The van der Waals surface area contributed by atoms with Crippen LogP contribution in [0.25, 0.3) is 0 Å². The zero-order valence-electron chi connectivity index (χ0n) is 19.4. The first-order chi connectivity index (χ1) is 15.9. The summed E-state index contributed by atoms with van der Waals surface area (Å²) >= 11 is 0. The van der Waals surface area contributed by atoms with Crippen molar-refractivity contribution in [3.63, 3.8) is 0 Å². The van der Waals surface area contributed by atoms with E-state index in [2.05, 4.69) is 10.00 Å². The highest BCUT2D eigenvalue weighted by Crippen LogP contribution is 2.56. The van der Waals surface area contributed by atoms with Crippen molar-refractivity contribution in [2.24, 2.45) is 5.92 Å². The van der Waals surface area contributed by atoms with Gasteiger partial charge in [0.1, 0.15) is 12.3 Å². The Morgan fingerprint density at radius 2 is 1.94 bits per heavy atom. The first kappa shape index (κ1) is 21.2. The molecular formula is C26H34N4O3. The Hall–Kier alpha value is -2.38. The summed E-state index contributed by atoms with van der Waals surface area (Å²) in [5.41, 5.74) is 1.98. The van der Waals surface area contributed by atoms with Gasteiger partial charge < -0.3 is 15.1 Å². The van der Waals surface area contributed by atoms with Crippen LogP contribution < -0.4 is 0 Å². The van der Waals surface area contributed by atoms with E-state index in [1.54, 1.807) is 16.9 Å². The van der Waals surface area contributed by atoms with E-state index in [4.69, 9.17) is 0 Å². The lowest BCUT2D eigenvalue weighted by atomic mass is 9.52. The molecule has 7 nitrogen and oxygen atoms in total. The summed E-state index contributed by atoms with van der Waals surface area (Å²) < 4.78 is 1.75. The van der Waals surface area contributed by atoms with Gasteiger partial charge in [-0.3, -0.25) is 14.4 Å². The average molecular weight is 451 g/mol. The van der Waals surface area contributed by atoms with Gasteiger partial charge in [0, 0.05) is 43.0 Å². The van der Waals surface area contributed by atoms with Crippen molar-refractivity contribution in [1.29, 1.82) is 0 Å². The van der Waals surface area contributed by atoms with Crippen LogP contribution in [0.5, 0.6) is 5.75 Å². The molecule has 1 amide bonds. The van der Waals surface area contributed by atoms with E-state index in [-0.39, 0.29) is 24.2 Å². The van der Waals surface area contributed by atoms with Crippen LogP contribution in [0.1, 0.15) is 48.9 Å². The Morgan fingerprint density at radius 3 is 2.70 bits per heavy atom. The van der Waals surface area contributed by atoms with Crippen LogP contribution in [-0.2, 0) is 23.2 Å². The molecule has 7 heteroatoms. The number of aromatic nitrogens is 2. The molecular weight excluding hydrogens is 416 g/mol. The standard InChI is InChI=1S/C26H34N4O3/c1-18-6-10-27-30(18)17-24(32)28-11-7-25-8-12-29(16-19-2-3-19)23(26(25,33)9-13-28)14-20-4-5-21(31)15-22(20)25/h4-6,10,15,19,23,31,33H,2-3,7-9,11-14,16-17H2,1H3. The zero-order chi connectivity index (χ0) is 22.8. The second-order valence-corrected chi connectivity index (χ2v) is 10.8. The number of likely N-dealkylation sites (tertiary alicyclic amines) is 2. The monoisotopic (exact) mass is 450 g/mol. The van der Waals surface area contributed by atoms with Crippen molar-refractivity contribution in [3.05, 3.63) is 47.3 Å². The smallest absolute Gasteiger partial charge is 0.244 e. The minimum atomic E-state index is -0.905. The number of hydrogen-bond acceptors (Lipinski definition) is 5. The molecule has 1 aromatic carbocycles. The third kappa shape index (κ3) is 3.31. The van der Waals surface area contributed by atoms with Crippen LogP contribution in [-0.4, -0.2) is 73.5 Å². The normalized spacial score (nSPS) is 31.6. The Bertz CT molecular complexity index is 1080. The Morgan fingerprint density at radius 1 is 1.15 bits per heavy atom. The van der Waals surface area contributed by atoms with Crippen molar-refractivity contribution in [3.8, 4) is 5.75 Å². The number of phenols is 1. The maximum Gasteiger partial charge on any atom is 0.244 e. The van der Waals surface area contributed by atoms with Gasteiger partial charge in [-0.2, -0.15) is 5.10 Å². The first-order valence-electron chi connectivity index (χ1n) is 12.4. The Balaban J connectivity index is 1.34. The summed E-state index contributed by atoms with van der Waals surface area (Å²) in [7, 11) is 0. The molecule has 2 bridgehead atoms. The molecule has 3 unspecified atom stereocenters. The maximum atomic E-state index is 13.2. The third-order valence-electron chi connectivity index (χ3n) is 9.00. The van der Waals surface area contributed by atoms with Crippen LogP contribution in [0, 0.1) is 12.8 Å². The predicted octanol–water partition coefficient (Wildman–Crippen LogP) is 2.23. The quantitative estimate of drug-likeness (QED) is 0.747. The van der Waals surface area contributed by atoms with E-state index < -0.39 is 11.0 Å². The number of amides is 1. The number of carbonyl (C=O) groups is 1. The molecule has 2 aromatic rings. The fourth-order valence-electron chi connectivity index (χ4n) is 6.91. The van der Waals surface area contributed by atoms with E-state index in [0.29, 0.717) is 19.5 Å². The Labute approximate surface area is 195 Å². The minimum Gasteiger partial charge on any atom is -0.508 e. The molecule has 2 saturated heterocycles. The summed E-state index contributed by atoms with van der Waals surface area (Å²) in [5.74, 6) is 1.08. The van der Waals surface area contributed by atoms with Crippen LogP contribution in [0.15, 0.2) is 30.5 Å². The molecule has 2 N–H and O–H groups in total. The predicted molar refractivity (Wildman–Crippen MR) is 124 cm³/mol. The summed E-state index contributed by atoms with van der Waals surface area (Å²) in [5, 5.41) is 27.1. The average Bonchev–Trinajstić information content (AvgIpc) is 3.54. The number of fused-ring (bicyclic) bond motifs is 1. The van der Waals surface area contributed by atoms with Gasteiger partial charge in [-0.05, 0) is 87.2 Å². The summed E-state index contributed by atoms with van der Waals surface area (Å²) in [6.07, 6.45) is 7.28. The van der Waals surface area contributed by atoms with Crippen LogP contribution in [0.3, 0.4) is 0 Å². The number of piperidine rings is 1. The lowest BCUT2D eigenvalue weighted by Crippen LogP contribution is -2.71. The second kappa shape index (κ2) is 7.57. The van der Waals surface area contributed by atoms with E-state index in [9.17, 15) is 15.0 Å². The van der Waals surface area contributed by atoms with Crippen LogP contribution >= 0.6 is 0 Å². The van der Waals surface area contributed by atoms with Crippen LogP contribution in [0.2, 0.25) is 0 Å². The minimum absolute atomic E-state index is 0.0564. The molecule has 3 atom stereocenters. The molecule has 33 heavy (non-hydrogen) atoms. The third-order valence-corrected chi connectivity index (χ3v) is 9.00. The van der Waals surface area contributed by atoms with E-state index in [1.807, 2.05) is 30.0 Å². The molecule has 0 spiro atoms. The molecule has 1 saturated carbocycles. The molecule has 6 rings (SSSR count). The first-order valence-corrected chi connectivity index (χ1v) is 12.4. The van der Waals surface area contributed by atoms with Gasteiger partial charge in [0.15, 0.2) is 0 Å². The van der Waals surface area contributed by atoms with Gasteiger partial charge in [-0.25, -0.2) is 0 Å². The molecule has 0 radical (unpaired) electrons. The van der Waals surface area contributed by atoms with E-state index in [1.165, 1.54) is 18.4 Å². The number of nitrogens with zero attached hydrogens (tertiary/aromatic N) is 4. The van der Waals surface area contributed by atoms with E-state index in [0.717, 1.165) is 49.5 Å². The second-order valence-electron chi connectivity index (χ2n) is 10.8. The molecule has 176 valence electrons. The van der Waals surface area contributed by atoms with Gasteiger partial charge >= 0.3 is 0 Å². The molecule has 2 aliphatic carbocycles. The topological polar surface area (TPSA) is 81.8 Å². The maximum absolute atomic E-state index is 13.2. The van der Waals surface area contributed by atoms with Crippen molar-refractivity contribution >= 4 is 5.91 Å². The highest BCUT2D eigenvalue weighted by molar-refractivity contribution is 5.76. The number of aliphatic hydroxyl groups is 1. The molecule has 4 aliphatic rings. The summed E-state index contributed by atoms with van der Waals surface area (Å²) in [4.78, 5) is 17.7. The van der Waals surface area contributed by atoms with Gasteiger partial charge in [0.2, 0.25) is 5.91 Å². The number of benzene rings is 1. The molecule has 3 heterocycles. The number of hydrogen-bond donors (Lipinski definition) is 2. The van der Waals surface area contributed by atoms with E-state index >= 15 is 0 Å². The fraction of sp³-hybridized carbons (Fsp3) is 0.615. The highest BCUT2D eigenvalue weighted by atomic mass is 16.3. The van der Waals surface area contributed by atoms with Gasteiger partial charge in [-0.1, -0.05) is 6.07 Å². The molecule has 1 aromatic heterocycles. The number of phenolic OH excluding ortho intramolecular Hbond substituents is 1. The SMILES string of the molecule is Cc1ccnn1CC(=O)N1CCC23CCN(CC4CC4)C(Cc4ccc(O)cc42)C3(O)CC1. The summed E-state index contributed by atoms with van der Waals surface area (Å²) in [6.45, 7) is 5.40. The highest BCUT2D eigenvalue weighted by Gasteiger charge is 2.63. The van der Waals surface area contributed by atoms with Crippen molar-refractivity contribution in [2.45, 2.75) is 69.1 Å². The largest absolute Gasteiger partial charge is 0.508 e. The Kier molecular flexibility index (Phi) is 4.86. The van der Waals surface area contributed by atoms with Gasteiger partial charge in [-0.15, -0.1) is 0 Å². The zero-order valence-corrected chi connectivity index (χ0v) is 19.4.